The van der Waals surface area contributed by atoms with Crippen molar-refractivity contribution in [1.29, 1.82) is 0 Å². The van der Waals surface area contributed by atoms with Gasteiger partial charge in [-0.25, -0.2) is 4.99 Å². The summed E-state index contributed by atoms with van der Waals surface area (Å²) in [6.45, 7) is 5.39. The van der Waals surface area contributed by atoms with Crippen LogP contribution in [0.25, 0.3) is 0 Å². The first-order valence-corrected chi connectivity index (χ1v) is 3.42. The van der Waals surface area contributed by atoms with Crippen molar-refractivity contribution in [2.24, 2.45) is 4.99 Å². The van der Waals surface area contributed by atoms with Gasteiger partial charge in [-0.05, 0) is 6.92 Å². The minimum Gasteiger partial charge on any atom is -0.310 e. The van der Waals surface area contributed by atoms with Crippen LogP contribution in [0.2, 0.25) is 0 Å². The van der Waals surface area contributed by atoms with E-state index in [4.69, 9.17) is 0 Å². The molecule has 0 atom stereocenters. The van der Waals surface area contributed by atoms with Crippen LogP contribution in [0.5, 0.6) is 0 Å². The summed E-state index contributed by atoms with van der Waals surface area (Å²) in [5.41, 5.74) is 0.869. The quantitative estimate of drug-likeness (QED) is 0.586. The Labute approximate surface area is 65.5 Å². The lowest BCUT2D eigenvalue weighted by atomic mass is 10.2. The molecule has 1 aliphatic heterocycles. The number of nitrogens with one attached hydrogen (secondary N) is 1. The topological polar surface area (TPSA) is 41.5 Å². The molecule has 1 aliphatic rings. The van der Waals surface area contributed by atoms with Crippen LogP contribution in [0, 0.1) is 0 Å². The van der Waals surface area contributed by atoms with Gasteiger partial charge < -0.3 is 5.32 Å². The predicted molar refractivity (Wildman–Crippen MR) is 44.1 cm³/mol. The molecule has 1 amide bonds. The van der Waals surface area contributed by atoms with Gasteiger partial charge in [0.25, 0.3) is 0 Å². The number of hydrogen-bond donors (Lipinski definition) is 1. The normalized spacial score (nSPS) is 17.7. The maximum Gasteiger partial charge on any atom is 0.230 e. The van der Waals surface area contributed by atoms with Gasteiger partial charge in [-0.2, -0.15) is 0 Å². The molecule has 0 aromatic heterocycles. The molecule has 0 fully saturated rings. The highest BCUT2D eigenvalue weighted by atomic mass is 16.1. The van der Waals surface area contributed by atoms with E-state index < -0.39 is 0 Å². The molecule has 0 bridgehead atoms. The molecule has 0 saturated heterocycles. The van der Waals surface area contributed by atoms with Gasteiger partial charge in [0.05, 0.1) is 6.42 Å². The number of allylic oxidation sites excluding steroid dienone is 1. The lowest BCUT2D eigenvalue weighted by Gasteiger charge is -1.93. The van der Waals surface area contributed by atoms with Crippen molar-refractivity contribution in [3.8, 4) is 0 Å². The Balaban J connectivity index is 2.87. The van der Waals surface area contributed by atoms with Crippen molar-refractivity contribution in [3.05, 3.63) is 24.0 Å². The second-order valence-electron chi connectivity index (χ2n) is 2.19. The largest absolute Gasteiger partial charge is 0.310 e. The van der Waals surface area contributed by atoms with E-state index in [1.165, 1.54) is 0 Å². The zero-order valence-corrected chi connectivity index (χ0v) is 6.42. The van der Waals surface area contributed by atoms with Gasteiger partial charge in [-0.15, -0.1) is 0 Å². The van der Waals surface area contributed by atoms with Crippen molar-refractivity contribution in [2.75, 3.05) is 0 Å². The fraction of sp³-hybridized carbons (Fsp3) is 0.250. The van der Waals surface area contributed by atoms with Gasteiger partial charge in [0.1, 0.15) is 5.82 Å². The molecule has 0 aromatic carbocycles. The van der Waals surface area contributed by atoms with Gasteiger partial charge in [-0.3, -0.25) is 4.79 Å². The lowest BCUT2D eigenvalue weighted by Crippen LogP contribution is -2.13. The SMILES string of the molecule is C=CC1=C(/N=C\C)NC(=O)C1. The predicted octanol–water partition coefficient (Wildman–Crippen LogP) is 0.995. The fourth-order valence-corrected chi connectivity index (χ4v) is 0.926. The molecule has 3 heteroatoms. The van der Waals surface area contributed by atoms with E-state index in [1.54, 1.807) is 19.2 Å². The maximum atomic E-state index is 10.8. The molecule has 1 N–H and O–H groups in total. The van der Waals surface area contributed by atoms with Crippen LogP contribution < -0.4 is 5.32 Å². The van der Waals surface area contributed by atoms with E-state index in [0.717, 1.165) is 5.57 Å². The Morgan fingerprint density at radius 1 is 1.73 bits per heavy atom. The van der Waals surface area contributed by atoms with Crippen molar-refractivity contribution >= 4 is 12.1 Å². The molecular weight excluding hydrogens is 140 g/mol. The van der Waals surface area contributed by atoms with Gasteiger partial charge >= 0.3 is 0 Å². The van der Waals surface area contributed by atoms with E-state index in [0.29, 0.717) is 12.2 Å². The standard InChI is InChI=1S/C8H10N2O/c1-3-6-5-7(11)10-8(6)9-4-2/h3-4H,1,5H2,2H3,(H,10,11)/b9-4-. The minimum atomic E-state index is -0.0134. The minimum absolute atomic E-state index is 0.0134. The zero-order chi connectivity index (χ0) is 8.27. The maximum absolute atomic E-state index is 10.8. The van der Waals surface area contributed by atoms with Gasteiger partial charge in [0.2, 0.25) is 5.91 Å². The van der Waals surface area contributed by atoms with E-state index >= 15 is 0 Å². The van der Waals surface area contributed by atoms with Crippen LogP contribution in [-0.4, -0.2) is 12.1 Å². The summed E-state index contributed by atoms with van der Waals surface area (Å²) >= 11 is 0. The van der Waals surface area contributed by atoms with Crippen LogP contribution in [-0.2, 0) is 4.79 Å². The number of rotatable bonds is 2. The first kappa shape index (κ1) is 7.72. The molecule has 0 radical (unpaired) electrons. The number of carbonyl (C=O) groups excluding carboxylic acids is 1. The smallest absolute Gasteiger partial charge is 0.230 e. The van der Waals surface area contributed by atoms with E-state index in [2.05, 4.69) is 16.9 Å². The first-order valence-electron chi connectivity index (χ1n) is 3.42. The summed E-state index contributed by atoms with van der Waals surface area (Å²) in [6, 6.07) is 0. The second kappa shape index (κ2) is 3.14. The second-order valence-corrected chi connectivity index (χ2v) is 2.19. The molecule has 11 heavy (non-hydrogen) atoms. The Kier molecular flexibility index (Phi) is 2.21. The summed E-state index contributed by atoms with van der Waals surface area (Å²) in [6.07, 6.45) is 3.70. The van der Waals surface area contributed by atoms with Crippen molar-refractivity contribution < 1.29 is 4.79 Å². The van der Waals surface area contributed by atoms with Gasteiger partial charge in [-0.1, -0.05) is 12.7 Å². The highest BCUT2D eigenvalue weighted by molar-refractivity contribution is 5.85. The zero-order valence-electron chi connectivity index (χ0n) is 6.42. The Hall–Kier alpha value is -1.38. The Bertz CT molecular complexity index is 251. The third kappa shape index (κ3) is 1.55. The highest BCUT2D eigenvalue weighted by Crippen LogP contribution is 2.15. The average molecular weight is 150 g/mol. The Morgan fingerprint density at radius 2 is 2.45 bits per heavy atom. The van der Waals surface area contributed by atoms with Crippen LogP contribution in [0.15, 0.2) is 29.0 Å². The number of hydrogen-bond acceptors (Lipinski definition) is 2. The number of carbonyl (C=O) groups is 1. The number of nitrogens with zero attached hydrogens (tertiary/aromatic N) is 1. The molecule has 1 heterocycles. The fourth-order valence-electron chi connectivity index (χ4n) is 0.926. The first-order chi connectivity index (χ1) is 5.27. The van der Waals surface area contributed by atoms with Crippen molar-refractivity contribution in [1.82, 2.24) is 5.32 Å². The van der Waals surface area contributed by atoms with E-state index in [1.807, 2.05) is 0 Å². The summed E-state index contributed by atoms with van der Waals surface area (Å²) in [4.78, 5) is 14.8. The summed E-state index contributed by atoms with van der Waals surface area (Å²) in [5.74, 6) is 0.619. The molecule has 0 aromatic rings. The monoisotopic (exact) mass is 150 g/mol. The van der Waals surface area contributed by atoms with Gasteiger partial charge in [0, 0.05) is 11.8 Å². The Morgan fingerprint density at radius 3 is 3.00 bits per heavy atom. The molecular formula is C8H10N2O. The summed E-state index contributed by atoms with van der Waals surface area (Å²) < 4.78 is 0. The van der Waals surface area contributed by atoms with Crippen LogP contribution in [0.1, 0.15) is 13.3 Å². The molecule has 0 aliphatic carbocycles. The van der Waals surface area contributed by atoms with E-state index in [-0.39, 0.29) is 5.91 Å². The summed E-state index contributed by atoms with van der Waals surface area (Å²) in [5, 5.41) is 2.63. The third-order valence-corrected chi connectivity index (χ3v) is 1.42. The molecule has 1 rings (SSSR count). The highest BCUT2D eigenvalue weighted by Gasteiger charge is 2.17. The lowest BCUT2D eigenvalue weighted by molar-refractivity contribution is -0.118. The summed E-state index contributed by atoms with van der Waals surface area (Å²) in [7, 11) is 0. The number of amides is 1. The number of aliphatic imine (C=N–C) groups is 1. The van der Waals surface area contributed by atoms with Crippen molar-refractivity contribution in [3.63, 3.8) is 0 Å². The molecule has 58 valence electrons. The molecule has 0 unspecified atom stereocenters. The van der Waals surface area contributed by atoms with Crippen LogP contribution >= 0.6 is 0 Å². The van der Waals surface area contributed by atoms with Gasteiger partial charge in [0.15, 0.2) is 0 Å². The average Bonchev–Trinajstić information content (AvgIpc) is 2.32. The van der Waals surface area contributed by atoms with Crippen molar-refractivity contribution in [2.45, 2.75) is 13.3 Å². The third-order valence-electron chi connectivity index (χ3n) is 1.42. The molecule has 0 saturated carbocycles. The van der Waals surface area contributed by atoms with E-state index in [9.17, 15) is 4.79 Å². The van der Waals surface area contributed by atoms with Crippen LogP contribution in [0.4, 0.5) is 0 Å². The molecule has 3 nitrogen and oxygen atoms in total. The van der Waals surface area contributed by atoms with Crippen LogP contribution in [0.3, 0.4) is 0 Å². The molecule has 0 spiro atoms.